The van der Waals surface area contributed by atoms with E-state index in [0.717, 1.165) is 31.5 Å². The van der Waals surface area contributed by atoms with Crippen LogP contribution in [0.1, 0.15) is 30.1 Å². The number of hydrogen-bond donors (Lipinski definition) is 1. The quantitative estimate of drug-likeness (QED) is 0.770. The van der Waals surface area contributed by atoms with Gasteiger partial charge >= 0.3 is 0 Å². The van der Waals surface area contributed by atoms with Crippen molar-refractivity contribution in [3.05, 3.63) is 29.8 Å². The molecule has 0 aromatic heterocycles. The van der Waals surface area contributed by atoms with Crippen LogP contribution in [0.3, 0.4) is 0 Å². The summed E-state index contributed by atoms with van der Waals surface area (Å²) in [7, 11) is 0. The highest BCUT2D eigenvalue weighted by molar-refractivity contribution is 5.94. The smallest absolute Gasteiger partial charge is 0.159 e. The van der Waals surface area contributed by atoms with Crippen molar-refractivity contribution in [1.82, 2.24) is 0 Å². The summed E-state index contributed by atoms with van der Waals surface area (Å²) in [5, 5.41) is 0. The maximum atomic E-state index is 11.1. The first-order valence-corrected chi connectivity index (χ1v) is 5.78. The number of carbonyl (C=O) groups is 1. The van der Waals surface area contributed by atoms with E-state index in [-0.39, 0.29) is 5.78 Å². The summed E-state index contributed by atoms with van der Waals surface area (Å²) in [5.74, 6) is 0.118. The standard InChI is InChI=1S/C13H18N2O/c1-10(16)11-2-4-13(5-3-11)15-8-6-12(14)7-9-15/h2-5,12H,6-9,14H2,1H3. The average molecular weight is 218 g/mol. The Hall–Kier alpha value is -1.35. The molecule has 0 amide bonds. The molecule has 0 atom stereocenters. The summed E-state index contributed by atoms with van der Waals surface area (Å²) in [4.78, 5) is 13.5. The van der Waals surface area contributed by atoms with Crippen molar-refractivity contribution in [2.24, 2.45) is 5.73 Å². The van der Waals surface area contributed by atoms with Gasteiger partial charge in [0.05, 0.1) is 0 Å². The molecule has 0 aliphatic carbocycles. The van der Waals surface area contributed by atoms with Crippen LogP contribution in [0.4, 0.5) is 5.69 Å². The monoisotopic (exact) mass is 218 g/mol. The van der Waals surface area contributed by atoms with Gasteiger partial charge in [-0.15, -0.1) is 0 Å². The molecule has 1 aromatic carbocycles. The van der Waals surface area contributed by atoms with E-state index in [1.165, 1.54) is 5.69 Å². The molecule has 0 saturated carbocycles. The Morgan fingerprint density at radius 2 is 1.81 bits per heavy atom. The third-order valence-electron chi connectivity index (χ3n) is 3.18. The van der Waals surface area contributed by atoms with Crippen LogP contribution in [0.15, 0.2) is 24.3 Å². The van der Waals surface area contributed by atoms with Gasteiger partial charge in [-0.25, -0.2) is 0 Å². The second-order valence-corrected chi connectivity index (χ2v) is 4.43. The van der Waals surface area contributed by atoms with Crippen molar-refractivity contribution in [2.45, 2.75) is 25.8 Å². The zero-order chi connectivity index (χ0) is 11.5. The number of anilines is 1. The van der Waals surface area contributed by atoms with E-state index in [1.54, 1.807) is 6.92 Å². The van der Waals surface area contributed by atoms with E-state index >= 15 is 0 Å². The van der Waals surface area contributed by atoms with Crippen LogP contribution in [0.5, 0.6) is 0 Å². The van der Waals surface area contributed by atoms with Crippen molar-refractivity contribution >= 4 is 11.5 Å². The highest BCUT2D eigenvalue weighted by Crippen LogP contribution is 2.19. The number of nitrogens with zero attached hydrogens (tertiary/aromatic N) is 1. The average Bonchev–Trinajstić information content (AvgIpc) is 2.30. The van der Waals surface area contributed by atoms with E-state index in [4.69, 9.17) is 5.73 Å². The molecular weight excluding hydrogens is 200 g/mol. The van der Waals surface area contributed by atoms with Crippen LogP contribution >= 0.6 is 0 Å². The van der Waals surface area contributed by atoms with Gasteiger partial charge < -0.3 is 10.6 Å². The zero-order valence-corrected chi connectivity index (χ0v) is 9.65. The number of ketones is 1. The largest absolute Gasteiger partial charge is 0.371 e. The molecule has 1 heterocycles. The lowest BCUT2D eigenvalue weighted by molar-refractivity contribution is 0.101. The molecule has 1 fully saturated rings. The predicted octanol–water partition coefficient (Wildman–Crippen LogP) is 1.82. The van der Waals surface area contributed by atoms with Crippen molar-refractivity contribution in [3.63, 3.8) is 0 Å². The normalized spacial score (nSPS) is 17.5. The van der Waals surface area contributed by atoms with E-state index in [0.29, 0.717) is 6.04 Å². The Balaban J connectivity index is 2.07. The molecule has 0 unspecified atom stereocenters. The van der Waals surface area contributed by atoms with Crippen LogP contribution < -0.4 is 10.6 Å². The molecule has 1 aliphatic heterocycles. The lowest BCUT2D eigenvalue weighted by atomic mass is 10.0. The molecule has 0 bridgehead atoms. The minimum atomic E-state index is 0.118. The van der Waals surface area contributed by atoms with Crippen molar-refractivity contribution in [3.8, 4) is 0 Å². The number of benzene rings is 1. The third kappa shape index (κ3) is 2.42. The number of nitrogens with two attached hydrogens (primary N) is 1. The Labute approximate surface area is 96.2 Å². The van der Waals surface area contributed by atoms with Gasteiger partial charge in [-0.2, -0.15) is 0 Å². The second-order valence-electron chi connectivity index (χ2n) is 4.43. The van der Waals surface area contributed by atoms with Crippen molar-refractivity contribution in [2.75, 3.05) is 18.0 Å². The number of Topliss-reactive ketones (excluding diaryl/α,β-unsaturated/α-hetero) is 1. The maximum absolute atomic E-state index is 11.1. The molecule has 16 heavy (non-hydrogen) atoms. The van der Waals surface area contributed by atoms with Crippen LogP contribution in [0.2, 0.25) is 0 Å². The van der Waals surface area contributed by atoms with Crippen LogP contribution in [-0.4, -0.2) is 24.9 Å². The Morgan fingerprint density at radius 1 is 1.25 bits per heavy atom. The SMILES string of the molecule is CC(=O)c1ccc(N2CCC(N)CC2)cc1. The molecule has 3 nitrogen and oxygen atoms in total. The van der Waals surface area contributed by atoms with Crippen molar-refractivity contribution in [1.29, 1.82) is 0 Å². The summed E-state index contributed by atoms with van der Waals surface area (Å²) in [6.07, 6.45) is 2.10. The van der Waals surface area contributed by atoms with Gasteiger partial charge in [-0.1, -0.05) is 0 Å². The minimum absolute atomic E-state index is 0.118. The van der Waals surface area contributed by atoms with Crippen LogP contribution in [0.25, 0.3) is 0 Å². The molecule has 2 N–H and O–H groups in total. The molecule has 86 valence electrons. The lowest BCUT2D eigenvalue weighted by Crippen LogP contribution is -2.39. The Bertz CT molecular complexity index is 364. The summed E-state index contributed by atoms with van der Waals surface area (Å²) >= 11 is 0. The number of rotatable bonds is 2. The molecule has 0 radical (unpaired) electrons. The molecule has 1 saturated heterocycles. The van der Waals surface area contributed by atoms with E-state index in [1.807, 2.05) is 24.3 Å². The van der Waals surface area contributed by atoms with Gasteiger partial charge in [0.25, 0.3) is 0 Å². The summed E-state index contributed by atoms with van der Waals surface area (Å²) in [6, 6.07) is 8.19. The van der Waals surface area contributed by atoms with Gasteiger partial charge in [-0.05, 0) is 44.0 Å². The van der Waals surface area contributed by atoms with E-state index in [2.05, 4.69) is 4.90 Å². The highest BCUT2D eigenvalue weighted by Gasteiger charge is 2.16. The highest BCUT2D eigenvalue weighted by atomic mass is 16.1. The topological polar surface area (TPSA) is 46.3 Å². The fraction of sp³-hybridized carbons (Fsp3) is 0.462. The molecular formula is C13H18N2O. The van der Waals surface area contributed by atoms with Crippen LogP contribution in [-0.2, 0) is 0 Å². The van der Waals surface area contributed by atoms with Crippen molar-refractivity contribution < 1.29 is 4.79 Å². The Kier molecular flexibility index (Phi) is 3.25. The second kappa shape index (κ2) is 4.66. The first kappa shape index (κ1) is 11.1. The first-order valence-electron chi connectivity index (χ1n) is 5.78. The number of piperidine rings is 1. The molecule has 1 aliphatic rings. The van der Waals surface area contributed by atoms with Gasteiger partial charge in [0.1, 0.15) is 0 Å². The molecule has 2 rings (SSSR count). The van der Waals surface area contributed by atoms with Gasteiger partial charge in [0.15, 0.2) is 5.78 Å². The number of hydrogen-bond acceptors (Lipinski definition) is 3. The maximum Gasteiger partial charge on any atom is 0.159 e. The van der Waals surface area contributed by atoms with Gasteiger partial charge in [-0.3, -0.25) is 4.79 Å². The third-order valence-corrected chi connectivity index (χ3v) is 3.18. The number of carbonyl (C=O) groups excluding carboxylic acids is 1. The Morgan fingerprint density at radius 3 is 2.31 bits per heavy atom. The summed E-state index contributed by atoms with van der Waals surface area (Å²) in [6.45, 7) is 3.62. The summed E-state index contributed by atoms with van der Waals surface area (Å²) < 4.78 is 0. The molecule has 1 aromatic rings. The van der Waals surface area contributed by atoms with E-state index < -0.39 is 0 Å². The van der Waals surface area contributed by atoms with E-state index in [9.17, 15) is 4.79 Å². The fourth-order valence-electron chi connectivity index (χ4n) is 2.06. The minimum Gasteiger partial charge on any atom is -0.371 e. The lowest BCUT2D eigenvalue weighted by Gasteiger charge is -2.32. The fourth-order valence-corrected chi connectivity index (χ4v) is 2.06. The van der Waals surface area contributed by atoms with Gasteiger partial charge in [0.2, 0.25) is 0 Å². The van der Waals surface area contributed by atoms with Crippen LogP contribution in [0, 0.1) is 0 Å². The molecule has 0 spiro atoms. The summed E-state index contributed by atoms with van der Waals surface area (Å²) in [5.41, 5.74) is 7.83. The molecule has 3 heteroatoms. The van der Waals surface area contributed by atoms with Gasteiger partial charge in [0, 0.05) is 30.4 Å². The predicted molar refractivity (Wildman–Crippen MR) is 65.9 cm³/mol. The zero-order valence-electron chi connectivity index (χ0n) is 9.65. The first-order chi connectivity index (χ1) is 7.66.